The normalized spacial score (nSPS) is 13.0. The quantitative estimate of drug-likeness (QED) is 0.604. The molecule has 0 saturated carbocycles. The number of allylic oxidation sites excluding steroid dienone is 2. The lowest BCUT2D eigenvalue weighted by molar-refractivity contribution is -0.139. The van der Waals surface area contributed by atoms with Crippen LogP contribution in [0, 0.1) is 0 Å². The zero-order valence-corrected chi connectivity index (χ0v) is 8.27. The van der Waals surface area contributed by atoms with Crippen molar-refractivity contribution in [2.75, 3.05) is 0 Å². The number of Topliss-reactive ketones (excluding diaryl/α,β-unsaturated/α-hetero) is 1. The van der Waals surface area contributed by atoms with Gasteiger partial charge in [0.1, 0.15) is 5.78 Å². The Kier molecular flexibility index (Phi) is 6.66. The molecule has 0 aromatic heterocycles. The molecule has 0 saturated heterocycles. The number of carbonyl (C=O) groups is 2. The highest BCUT2D eigenvalue weighted by Gasteiger charge is 2.13. The van der Waals surface area contributed by atoms with Crippen LogP contribution >= 0.6 is 0 Å². The number of hydrogen-bond acceptors (Lipinski definition) is 3. The molecule has 4 nitrogen and oxygen atoms in total. The van der Waals surface area contributed by atoms with Crippen LogP contribution in [0.1, 0.15) is 32.6 Å². The van der Waals surface area contributed by atoms with Crippen LogP contribution < -0.4 is 0 Å². The van der Waals surface area contributed by atoms with Crippen LogP contribution in [-0.4, -0.2) is 28.1 Å². The minimum absolute atomic E-state index is 0.0656. The molecule has 0 aromatic carbocycles. The lowest BCUT2D eigenvalue weighted by Gasteiger charge is -2.05. The van der Waals surface area contributed by atoms with Crippen molar-refractivity contribution in [2.24, 2.45) is 0 Å². The van der Waals surface area contributed by atoms with Crippen molar-refractivity contribution < 1.29 is 19.8 Å². The third-order valence-electron chi connectivity index (χ3n) is 1.70. The number of ketones is 1. The van der Waals surface area contributed by atoms with Crippen LogP contribution in [0.2, 0.25) is 0 Å². The van der Waals surface area contributed by atoms with Gasteiger partial charge in [-0.1, -0.05) is 12.2 Å². The molecule has 0 fully saturated rings. The first-order valence-electron chi connectivity index (χ1n) is 4.59. The molecule has 0 aliphatic heterocycles. The summed E-state index contributed by atoms with van der Waals surface area (Å²) in [7, 11) is 0. The van der Waals surface area contributed by atoms with Crippen LogP contribution in [0.3, 0.4) is 0 Å². The van der Waals surface area contributed by atoms with Crippen LogP contribution in [0.15, 0.2) is 12.2 Å². The summed E-state index contributed by atoms with van der Waals surface area (Å²) in [6.45, 7) is 1.86. The molecule has 0 aliphatic carbocycles. The highest BCUT2D eigenvalue weighted by molar-refractivity contribution is 5.79. The van der Waals surface area contributed by atoms with Gasteiger partial charge in [0.15, 0.2) is 0 Å². The summed E-state index contributed by atoms with van der Waals surface area (Å²) in [6.07, 6.45) is 3.24. The van der Waals surface area contributed by atoms with E-state index in [2.05, 4.69) is 0 Å². The highest BCUT2D eigenvalue weighted by atomic mass is 16.4. The largest absolute Gasteiger partial charge is 0.481 e. The van der Waals surface area contributed by atoms with Gasteiger partial charge in [-0.3, -0.25) is 9.59 Å². The van der Waals surface area contributed by atoms with Crippen LogP contribution in [-0.2, 0) is 9.59 Å². The summed E-state index contributed by atoms with van der Waals surface area (Å²) >= 11 is 0. The molecule has 0 bridgehead atoms. The Hall–Kier alpha value is -1.16. The molecular formula is C10H16O4. The summed E-state index contributed by atoms with van der Waals surface area (Å²) in [5.41, 5.74) is 0. The van der Waals surface area contributed by atoms with Crippen molar-refractivity contribution in [2.45, 2.75) is 38.7 Å². The third kappa shape index (κ3) is 7.49. The second kappa shape index (κ2) is 7.26. The van der Waals surface area contributed by atoms with E-state index < -0.39 is 12.1 Å². The van der Waals surface area contributed by atoms with Gasteiger partial charge in [0.2, 0.25) is 0 Å². The summed E-state index contributed by atoms with van der Waals surface area (Å²) in [5.74, 6) is -1.18. The van der Waals surface area contributed by atoms with E-state index in [0.717, 1.165) is 0 Å². The minimum Gasteiger partial charge on any atom is -0.481 e. The summed E-state index contributed by atoms with van der Waals surface area (Å²) in [4.78, 5) is 21.3. The zero-order chi connectivity index (χ0) is 11.0. The first kappa shape index (κ1) is 12.8. The zero-order valence-electron chi connectivity index (χ0n) is 8.27. The van der Waals surface area contributed by atoms with Crippen molar-refractivity contribution >= 4 is 11.8 Å². The molecule has 4 heteroatoms. The number of carboxylic acid groups (broad SMARTS) is 1. The Labute approximate surface area is 83.2 Å². The van der Waals surface area contributed by atoms with Crippen molar-refractivity contribution in [1.29, 1.82) is 0 Å². The van der Waals surface area contributed by atoms with Crippen LogP contribution in [0.25, 0.3) is 0 Å². The van der Waals surface area contributed by atoms with E-state index in [-0.39, 0.29) is 18.6 Å². The average molecular weight is 200 g/mol. The SMILES string of the molecule is C/C=C/CCC(=O)C[C@H](O)CC(=O)O. The van der Waals surface area contributed by atoms with Gasteiger partial charge in [-0.2, -0.15) is 0 Å². The molecule has 0 spiro atoms. The molecule has 0 aromatic rings. The Morgan fingerprint density at radius 3 is 2.50 bits per heavy atom. The van der Waals surface area contributed by atoms with Gasteiger partial charge in [0, 0.05) is 12.8 Å². The average Bonchev–Trinajstić information content (AvgIpc) is 2.02. The maximum Gasteiger partial charge on any atom is 0.305 e. The molecule has 0 amide bonds. The summed E-state index contributed by atoms with van der Waals surface area (Å²) < 4.78 is 0. The van der Waals surface area contributed by atoms with E-state index in [1.807, 2.05) is 19.1 Å². The molecule has 1 atom stereocenters. The summed E-state index contributed by atoms with van der Waals surface area (Å²) in [5, 5.41) is 17.5. The van der Waals surface area contributed by atoms with Gasteiger partial charge in [-0.15, -0.1) is 0 Å². The Morgan fingerprint density at radius 2 is 2.00 bits per heavy atom. The fourth-order valence-electron chi connectivity index (χ4n) is 1.05. The predicted molar refractivity (Wildman–Crippen MR) is 51.9 cm³/mol. The lowest BCUT2D eigenvalue weighted by Crippen LogP contribution is -2.17. The minimum atomic E-state index is -1.08. The fourth-order valence-corrected chi connectivity index (χ4v) is 1.05. The number of aliphatic hydroxyl groups is 1. The van der Waals surface area contributed by atoms with Crippen LogP contribution in [0.5, 0.6) is 0 Å². The molecule has 14 heavy (non-hydrogen) atoms. The van der Waals surface area contributed by atoms with Gasteiger partial charge in [0.05, 0.1) is 12.5 Å². The molecule has 0 radical (unpaired) electrons. The first-order chi connectivity index (χ1) is 6.56. The molecular weight excluding hydrogens is 184 g/mol. The van der Waals surface area contributed by atoms with E-state index in [9.17, 15) is 9.59 Å². The van der Waals surface area contributed by atoms with Gasteiger partial charge in [0.25, 0.3) is 0 Å². The Morgan fingerprint density at radius 1 is 1.36 bits per heavy atom. The molecule has 0 heterocycles. The number of hydrogen-bond donors (Lipinski definition) is 2. The van der Waals surface area contributed by atoms with Gasteiger partial charge in [-0.25, -0.2) is 0 Å². The molecule has 0 rings (SSSR count). The second-order valence-electron chi connectivity index (χ2n) is 3.10. The number of carboxylic acids is 1. The van der Waals surface area contributed by atoms with Crippen molar-refractivity contribution in [1.82, 2.24) is 0 Å². The van der Waals surface area contributed by atoms with E-state index in [0.29, 0.717) is 12.8 Å². The van der Waals surface area contributed by atoms with Crippen LogP contribution in [0.4, 0.5) is 0 Å². The third-order valence-corrected chi connectivity index (χ3v) is 1.70. The first-order valence-corrected chi connectivity index (χ1v) is 4.59. The molecule has 0 aliphatic rings. The number of rotatable bonds is 7. The predicted octanol–water partition coefficient (Wildman–Crippen LogP) is 1.14. The lowest BCUT2D eigenvalue weighted by atomic mass is 10.1. The van der Waals surface area contributed by atoms with Gasteiger partial charge in [-0.05, 0) is 13.3 Å². The van der Waals surface area contributed by atoms with Gasteiger partial charge >= 0.3 is 5.97 Å². The van der Waals surface area contributed by atoms with E-state index in [4.69, 9.17) is 10.2 Å². The van der Waals surface area contributed by atoms with Crippen molar-refractivity contribution in [3.05, 3.63) is 12.2 Å². The number of aliphatic carboxylic acids is 1. The fraction of sp³-hybridized carbons (Fsp3) is 0.600. The smallest absolute Gasteiger partial charge is 0.305 e. The summed E-state index contributed by atoms with van der Waals surface area (Å²) in [6, 6.07) is 0. The Bertz CT molecular complexity index is 220. The van der Waals surface area contributed by atoms with E-state index >= 15 is 0 Å². The second-order valence-corrected chi connectivity index (χ2v) is 3.10. The highest BCUT2D eigenvalue weighted by Crippen LogP contribution is 2.03. The monoisotopic (exact) mass is 200 g/mol. The maximum absolute atomic E-state index is 11.1. The van der Waals surface area contributed by atoms with E-state index in [1.54, 1.807) is 0 Å². The number of carbonyl (C=O) groups excluding carboxylic acids is 1. The standard InChI is InChI=1S/C10H16O4/c1-2-3-4-5-8(11)6-9(12)7-10(13)14/h2-3,9,12H,4-7H2,1H3,(H,13,14)/b3-2+/t9-/m0/s1. The van der Waals surface area contributed by atoms with Crippen molar-refractivity contribution in [3.63, 3.8) is 0 Å². The van der Waals surface area contributed by atoms with Crippen molar-refractivity contribution in [3.8, 4) is 0 Å². The molecule has 80 valence electrons. The topological polar surface area (TPSA) is 74.6 Å². The van der Waals surface area contributed by atoms with E-state index in [1.165, 1.54) is 0 Å². The Balaban J connectivity index is 3.65. The number of aliphatic hydroxyl groups excluding tert-OH is 1. The molecule has 2 N–H and O–H groups in total. The molecule has 0 unspecified atom stereocenters. The van der Waals surface area contributed by atoms with Gasteiger partial charge < -0.3 is 10.2 Å². The maximum atomic E-state index is 11.1.